The van der Waals surface area contributed by atoms with E-state index in [4.69, 9.17) is 11.5 Å². The van der Waals surface area contributed by atoms with E-state index in [1.807, 2.05) is 0 Å². The third kappa shape index (κ3) is 2.06. The summed E-state index contributed by atoms with van der Waals surface area (Å²) in [5, 5.41) is 0. The Kier molecular flexibility index (Phi) is 2.42. The Bertz CT molecular complexity index is 335. The molecule has 0 aromatic heterocycles. The first-order valence-electron chi connectivity index (χ1n) is 3.24. The molecule has 0 unspecified atom stereocenters. The lowest BCUT2D eigenvalue weighted by Crippen LogP contribution is -2.08. The Hall–Kier alpha value is -0.910. The van der Waals surface area contributed by atoms with Gasteiger partial charge in [0.1, 0.15) is 0 Å². The summed E-state index contributed by atoms with van der Waals surface area (Å²) in [4.78, 5) is 0. The summed E-state index contributed by atoms with van der Waals surface area (Å²) in [5.41, 5.74) is 9.78. The molecule has 0 aliphatic carbocycles. The molecular formula is C7H6BrF3N2. The molecule has 2 nitrogen and oxygen atoms in total. The highest BCUT2D eigenvalue weighted by Gasteiger charge is 2.33. The molecule has 6 heteroatoms. The average molecular weight is 255 g/mol. The van der Waals surface area contributed by atoms with Gasteiger partial charge in [0.05, 0.1) is 16.9 Å². The highest BCUT2D eigenvalue weighted by atomic mass is 79.9. The van der Waals surface area contributed by atoms with Crippen LogP contribution in [0.3, 0.4) is 0 Å². The van der Waals surface area contributed by atoms with Crippen LogP contribution in [0.25, 0.3) is 0 Å². The quantitative estimate of drug-likeness (QED) is 0.700. The number of halogens is 4. The van der Waals surface area contributed by atoms with E-state index in [0.29, 0.717) is 0 Å². The third-order valence-corrected chi connectivity index (χ3v) is 2.13. The predicted molar refractivity (Wildman–Crippen MR) is 48.0 cm³/mol. The SMILES string of the molecule is Nc1cc(Br)c(C(F)(F)F)cc1N. The fraction of sp³-hybridized carbons (Fsp3) is 0.143. The number of rotatable bonds is 0. The highest BCUT2D eigenvalue weighted by Crippen LogP contribution is 2.37. The Balaban J connectivity index is 3.32. The Labute approximate surface area is 80.8 Å². The number of nitrogen functional groups attached to an aromatic ring is 2. The van der Waals surface area contributed by atoms with Crippen molar-refractivity contribution in [1.82, 2.24) is 0 Å². The van der Waals surface area contributed by atoms with Gasteiger partial charge in [-0.05, 0) is 12.1 Å². The summed E-state index contributed by atoms with van der Waals surface area (Å²) in [6.45, 7) is 0. The first-order chi connectivity index (χ1) is 5.82. The fourth-order valence-corrected chi connectivity index (χ4v) is 1.41. The molecule has 0 spiro atoms. The maximum absolute atomic E-state index is 12.2. The summed E-state index contributed by atoms with van der Waals surface area (Å²) >= 11 is 2.76. The first kappa shape index (κ1) is 10.2. The van der Waals surface area contributed by atoms with Gasteiger partial charge in [0.2, 0.25) is 0 Å². The van der Waals surface area contributed by atoms with Gasteiger partial charge >= 0.3 is 6.18 Å². The van der Waals surface area contributed by atoms with Crippen molar-refractivity contribution in [2.24, 2.45) is 0 Å². The largest absolute Gasteiger partial charge is 0.417 e. The minimum Gasteiger partial charge on any atom is -0.397 e. The second kappa shape index (κ2) is 3.10. The van der Waals surface area contributed by atoms with E-state index in [0.717, 1.165) is 12.1 Å². The number of benzene rings is 1. The van der Waals surface area contributed by atoms with Gasteiger partial charge in [-0.3, -0.25) is 0 Å². The van der Waals surface area contributed by atoms with E-state index in [9.17, 15) is 13.2 Å². The summed E-state index contributed by atoms with van der Waals surface area (Å²) in [6, 6.07) is 1.94. The Morgan fingerprint density at radius 3 is 2.00 bits per heavy atom. The molecule has 0 aliphatic heterocycles. The number of hydrogen-bond donors (Lipinski definition) is 2. The summed E-state index contributed by atoms with van der Waals surface area (Å²) in [7, 11) is 0. The molecular weight excluding hydrogens is 249 g/mol. The molecule has 72 valence electrons. The van der Waals surface area contributed by atoms with Crippen LogP contribution >= 0.6 is 15.9 Å². The number of anilines is 2. The average Bonchev–Trinajstić information content (AvgIpc) is 1.94. The van der Waals surface area contributed by atoms with Crippen molar-refractivity contribution in [3.63, 3.8) is 0 Å². The van der Waals surface area contributed by atoms with E-state index < -0.39 is 11.7 Å². The number of alkyl halides is 3. The van der Waals surface area contributed by atoms with Crippen LogP contribution in [-0.2, 0) is 6.18 Å². The zero-order valence-corrected chi connectivity index (χ0v) is 7.91. The van der Waals surface area contributed by atoms with Gasteiger partial charge in [0, 0.05) is 4.47 Å². The monoisotopic (exact) mass is 254 g/mol. The Morgan fingerprint density at radius 1 is 1.08 bits per heavy atom. The Morgan fingerprint density at radius 2 is 1.54 bits per heavy atom. The molecule has 1 aromatic carbocycles. The van der Waals surface area contributed by atoms with Gasteiger partial charge in [0.25, 0.3) is 0 Å². The van der Waals surface area contributed by atoms with Crippen molar-refractivity contribution < 1.29 is 13.2 Å². The molecule has 0 radical (unpaired) electrons. The molecule has 4 N–H and O–H groups in total. The minimum atomic E-state index is -4.42. The van der Waals surface area contributed by atoms with Gasteiger partial charge < -0.3 is 11.5 Å². The minimum absolute atomic E-state index is 0.0736. The van der Waals surface area contributed by atoms with Crippen molar-refractivity contribution in [2.45, 2.75) is 6.18 Å². The molecule has 0 aliphatic rings. The van der Waals surface area contributed by atoms with E-state index >= 15 is 0 Å². The zero-order chi connectivity index (χ0) is 10.2. The highest BCUT2D eigenvalue weighted by molar-refractivity contribution is 9.10. The van der Waals surface area contributed by atoms with Crippen LogP contribution in [0.2, 0.25) is 0 Å². The van der Waals surface area contributed by atoms with Gasteiger partial charge in [-0.1, -0.05) is 15.9 Å². The van der Waals surface area contributed by atoms with Crippen molar-refractivity contribution in [3.8, 4) is 0 Å². The number of nitrogens with two attached hydrogens (primary N) is 2. The molecule has 0 amide bonds. The van der Waals surface area contributed by atoms with Gasteiger partial charge in [-0.15, -0.1) is 0 Å². The number of hydrogen-bond acceptors (Lipinski definition) is 2. The zero-order valence-electron chi connectivity index (χ0n) is 6.32. The normalized spacial score (nSPS) is 11.7. The van der Waals surface area contributed by atoms with Gasteiger partial charge in [-0.25, -0.2) is 0 Å². The molecule has 13 heavy (non-hydrogen) atoms. The van der Waals surface area contributed by atoms with Crippen molar-refractivity contribution in [3.05, 3.63) is 22.2 Å². The second-order valence-corrected chi connectivity index (χ2v) is 3.31. The lowest BCUT2D eigenvalue weighted by atomic mass is 10.1. The van der Waals surface area contributed by atoms with Gasteiger partial charge in [-0.2, -0.15) is 13.2 Å². The lowest BCUT2D eigenvalue weighted by molar-refractivity contribution is -0.138. The molecule has 0 heterocycles. The fourth-order valence-electron chi connectivity index (χ4n) is 0.823. The molecule has 0 saturated heterocycles. The maximum atomic E-state index is 12.2. The van der Waals surface area contributed by atoms with Crippen LogP contribution in [0.1, 0.15) is 5.56 Å². The van der Waals surface area contributed by atoms with E-state index in [1.165, 1.54) is 0 Å². The van der Waals surface area contributed by atoms with Crippen LogP contribution in [0.4, 0.5) is 24.5 Å². The smallest absolute Gasteiger partial charge is 0.397 e. The molecule has 1 rings (SSSR count). The molecule has 0 fully saturated rings. The lowest BCUT2D eigenvalue weighted by Gasteiger charge is -2.10. The van der Waals surface area contributed by atoms with Crippen molar-refractivity contribution in [2.75, 3.05) is 11.5 Å². The first-order valence-corrected chi connectivity index (χ1v) is 4.03. The van der Waals surface area contributed by atoms with Crippen LogP contribution in [0.5, 0.6) is 0 Å². The third-order valence-electron chi connectivity index (χ3n) is 1.48. The molecule has 0 bridgehead atoms. The topological polar surface area (TPSA) is 52.0 Å². The van der Waals surface area contributed by atoms with Gasteiger partial charge in [0.15, 0.2) is 0 Å². The summed E-state index contributed by atoms with van der Waals surface area (Å²) in [6.07, 6.45) is -4.42. The summed E-state index contributed by atoms with van der Waals surface area (Å²) in [5.74, 6) is 0. The van der Waals surface area contributed by atoms with E-state index in [-0.39, 0.29) is 15.8 Å². The predicted octanol–water partition coefficient (Wildman–Crippen LogP) is 2.63. The van der Waals surface area contributed by atoms with Crippen molar-refractivity contribution in [1.29, 1.82) is 0 Å². The second-order valence-electron chi connectivity index (χ2n) is 2.46. The van der Waals surface area contributed by atoms with Crippen molar-refractivity contribution >= 4 is 27.3 Å². The van der Waals surface area contributed by atoms with E-state index in [2.05, 4.69) is 15.9 Å². The maximum Gasteiger partial charge on any atom is 0.417 e. The summed E-state index contributed by atoms with van der Waals surface area (Å²) < 4.78 is 36.6. The standard InChI is InChI=1S/C7H6BrF3N2/c8-4-2-6(13)5(12)1-3(4)7(9,10)11/h1-2H,12-13H2. The van der Waals surface area contributed by atoms with Crippen LogP contribution < -0.4 is 11.5 Å². The van der Waals surface area contributed by atoms with Crippen LogP contribution in [-0.4, -0.2) is 0 Å². The van der Waals surface area contributed by atoms with Crippen LogP contribution in [0, 0.1) is 0 Å². The van der Waals surface area contributed by atoms with E-state index in [1.54, 1.807) is 0 Å². The van der Waals surface area contributed by atoms with Crippen LogP contribution in [0.15, 0.2) is 16.6 Å². The molecule has 0 saturated carbocycles. The molecule has 1 aromatic rings. The molecule has 0 atom stereocenters.